The number of carbonyl (C=O) groups excluding carboxylic acids is 3. The van der Waals surface area contributed by atoms with Crippen LogP contribution in [0.15, 0.2) is 0 Å². The third-order valence-electron chi connectivity index (χ3n) is 5.81. The lowest BCUT2D eigenvalue weighted by Crippen LogP contribution is -2.43. The zero-order valence-corrected chi connectivity index (χ0v) is 22.2. The average molecular weight is 572 g/mol. The Hall–Kier alpha value is -1.71. The van der Waals surface area contributed by atoms with Crippen molar-refractivity contribution in [3.63, 3.8) is 0 Å². The highest BCUT2D eigenvalue weighted by atomic mass is 16.5. The molecular formula is C30H71N2O7+. The standard InChI is InChI=1S/C24H47N2O7.6CH4/c1-10-23(3,21(29)33-15-12-26(7,8)9)18-24(4,22(30)32-14-11-25(5)6)17-19(2)20(28)31-16-13-27;;;;;;/h19,27H,10-18H2,1-9H3;6*1H4/q+1;;;;;;. The van der Waals surface area contributed by atoms with Crippen LogP contribution in [0.25, 0.3) is 0 Å². The highest BCUT2D eigenvalue weighted by Crippen LogP contribution is 2.42. The van der Waals surface area contributed by atoms with Crippen LogP contribution in [-0.2, 0) is 28.6 Å². The molecule has 3 atom stereocenters. The first kappa shape index (κ1) is 53.5. The molecule has 0 aromatic rings. The van der Waals surface area contributed by atoms with Gasteiger partial charge in [0.25, 0.3) is 0 Å². The number of aliphatic hydroxyl groups is 1. The van der Waals surface area contributed by atoms with Gasteiger partial charge in [0.05, 0.1) is 44.5 Å². The highest BCUT2D eigenvalue weighted by molar-refractivity contribution is 5.81. The van der Waals surface area contributed by atoms with Crippen molar-refractivity contribution in [1.29, 1.82) is 0 Å². The van der Waals surface area contributed by atoms with Crippen LogP contribution < -0.4 is 0 Å². The van der Waals surface area contributed by atoms with E-state index in [1.807, 2.05) is 47.1 Å². The van der Waals surface area contributed by atoms with Crippen LogP contribution in [0.3, 0.4) is 0 Å². The molecule has 0 heterocycles. The van der Waals surface area contributed by atoms with E-state index in [1.54, 1.807) is 20.8 Å². The lowest BCUT2D eigenvalue weighted by atomic mass is 9.68. The molecule has 9 nitrogen and oxygen atoms in total. The molecule has 9 heteroatoms. The van der Waals surface area contributed by atoms with Crippen LogP contribution in [0.4, 0.5) is 0 Å². The van der Waals surface area contributed by atoms with E-state index in [0.717, 1.165) is 0 Å². The third-order valence-corrected chi connectivity index (χ3v) is 5.81. The average Bonchev–Trinajstić information content (AvgIpc) is 2.70. The van der Waals surface area contributed by atoms with Crippen molar-refractivity contribution >= 4 is 17.9 Å². The minimum atomic E-state index is -1.10. The predicted octanol–water partition coefficient (Wildman–Crippen LogP) is 5.53. The van der Waals surface area contributed by atoms with Gasteiger partial charge in [0.1, 0.15) is 26.4 Å². The van der Waals surface area contributed by atoms with E-state index in [-0.39, 0.29) is 89.8 Å². The van der Waals surface area contributed by atoms with Crippen LogP contribution in [-0.4, -0.2) is 107 Å². The Labute approximate surface area is 244 Å². The molecule has 0 saturated heterocycles. The number of aliphatic hydroxyl groups excluding tert-OH is 1. The molecule has 0 saturated carbocycles. The van der Waals surface area contributed by atoms with Crippen molar-refractivity contribution in [2.45, 2.75) is 91.5 Å². The first-order valence-electron chi connectivity index (χ1n) is 11.7. The molecule has 39 heavy (non-hydrogen) atoms. The minimum absolute atomic E-state index is 0. The summed E-state index contributed by atoms with van der Waals surface area (Å²) in [5, 5.41) is 8.92. The number of nitrogens with zero attached hydrogens (tertiary/aromatic N) is 2. The van der Waals surface area contributed by atoms with Gasteiger partial charge in [0.15, 0.2) is 0 Å². The van der Waals surface area contributed by atoms with E-state index in [0.29, 0.717) is 24.0 Å². The summed E-state index contributed by atoms with van der Waals surface area (Å²) in [4.78, 5) is 40.5. The number of likely N-dealkylation sites (N-methyl/N-ethyl adjacent to an activating group) is 2. The molecule has 0 spiro atoms. The van der Waals surface area contributed by atoms with Gasteiger partial charge >= 0.3 is 17.9 Å². The maximum absolute atomic E-state index is 13.2. The van der Waals surface area contributed by atoms with E-state index < -0.39 is 28.7 Å². The van der Waals surface area contributed by atoms with Crippen molar-refractivity contribution in [1.82, 2.24) is 4.90 Å². The fourth-order valence-corrected chi connectivity index (χ4v) is 3.56. The maximum atomic E-state index is 13.2. The van der Waals surface area contributed by atoms with Gasteiger partial charge in [-0.25, -0.2) is 0 Å². The molecule has 0 radical (unpaired) electrons. The molecule has 0 bridgehead atoms. The normalized spacial score (nSPS) is 13.9. The zero-order valence-electron chi connectivity index (χ0n) is 22.2. The van der Waals surface area contributed by atoms with Crippen molar-refractivity contribution in [3.05, 3.63) is 0 Å². The lowest BCUT2D eigenvalue weighted by Gasteiger charge is -2.37. The molecule has 0 amide bonds. The van der Waals surface area contributed by atoms with Gasteiger partial charge < -0.3 is 28.7 Å². The summed E-state index contributed by atoms with van der Waals surface area (Å²) in [6.07, 6.45) is 0.804. The molecule has 242 valence electrons. The summed E-state index contributed by atoms with van der Waals surface area (Å²) in [6, 6.07) is 0. The van der Waals surface area contributed by atoms with Crippen molar-refractivity contribution in [3.8, 4) is 0 Å². The Bertz CT molecular complexity index is 635. The van der Waals surface area contributed by atoms with Crippen molar-refractivity contribution in [2.75, 3.05) is 74.8 Å². The molecule has 0 aromatic heterocycles. The number of carbonyl (C=O) groups is 3. The topological polar surface area (TPSA) is 102 Å². The van der Waals surface area contributed by atoms with Gasteiger partial charge in [0, 0.05) is 6.54 Å². The Morgan fingerprint density at radius 3 is 1.69 bits per heavy atom. The third kappa shape index (κ3) is 20.8. The van der Waals surface area contributed by atoms with Gasteiger partial charge in [-0.15, -0.1) is 0 Å². The first-order valence-corrected chi connectivity index (χ1v) is 11.7. The van der Waals surface area contributed by atoms with E-state index in [2.05, 4.69) is 0 Å². The largest absolute Gasteiger partial charge is 0.464 e. The lowest BCUT2D eigenvalue weighted by molar-refractivity contribution is -0.870. The van der Waals surface area contributed by atoms with Gasteiger partial charge in [-0.05, 0) is 47.2 Å². The Kier molecular flexibility index (Phi) is 33.1. The second-order valence-electron chi connectivity index (χ2n) is 10.7. The summed E-state index contributed by atoms with van der Waals surface area (Å²) in [5.74, 6) is -1.93. The molecule has 0 aliphatic carbocycles. The summed E-state index contributed by atoms with van der Waals surface area (Å²) in [7, 11) is 9.82. The Balaban J connectivity index is -0.000000341. The number of ether oxygens (including phenoxy) is 3. The van der Waals surface area contributed by atoms with E-state index in [9.17, 15) is 14.4 Å². The molecule has 3 unspecified atom stereocenters. The van der Waals surface area contributed by atoms with Crippen LogP contribution in [0.1, 0.15) is 91.5 Å². The summed E-state index contributed by atoms with van der Waals surface area (Å²) >= 11 is 0. The second-order valence-corrected chi connectivity index (χ2v) is 10.7. The second kappa shape index (κ2) is 24.1. The monoisotopic (exact) mass is 572 g/mol. The van der Waals surface area contributed by atoms with Crippen LogP contribution in [0.5, 0.6) is 0 Å². The van der Waals surface area contributed by atoms with E-state index in [4.69, 9.17) is 19.3 Å². The highest BCUT2D eigenvalue weighted by Gasteiger charge is 2.47. The fraction of sp³-hybridized carbons (Fsp3) is 0.900. The minimum Gasteiger partial charge on any atom is -0.464 e. The molecular weight excluding hydrogens is 500 g/mol. The van der Waals surface area contributed by atoms with Gasteiger partial charge in [0.2, 0.25) is 0 Å². The Morgan fingerprint density at radius 2 is 1.28 bits per heavy atom. The Morgan fingerprint density at radius 1 is 0.821 bits per heavy atom. The number of esters is 3. The van der Waals surface area contributed by atoms with Crippen molar-refractivity contribution < 1.29 is 38.2 Å². The van der Waals surface area contributed by atoms with Gasteiger partial charge in [-0.3, -0.25) is 14.4 Å². The van der Waals surface area contributed by atoms with Crippen LogP contribution in [0, 0.1) is 16.7 Å². The number of rotatable bonds is 16. The predicted molar refractivity (Wildman–Crippen MR) is 167 cm³/mol. The first-order chi connectivity index (χ1) is 15.1. The van der Waals surface area contributed by atoms with E-state index >= 15 is 0 Å². The SMILES string of the molecule is C.C.C.C.C.C.CCC(C)(CC(C)(CC(C)C(=O)OCCO)C(=O)OCCN(C)C)C(=O)OCC[N+](C)(C)C. The zero-order chi connectivity index (χ0) is 25.9. The summed E-state index contributed by atoms with van der Waals surface area (Å²) in [5.41, 5.74) is -2.03. The smallest absolute Gasteiger partial charge is 0.312 e. The molecule has 0 rings (SSSR count). The van der Waals surface area contributed by atoms with E-state index in [1.165, 1.54) is 0 Å². The summed E-state index contributed by atoms with van der Waals surface area (Å²) in [6.45, 7) is 8.44. The number of hydrogen-bond donors (Lipinski definition) is 1. The number of hydrogen-bond acceptors (Lipinski definition) is 8. The van der Waals surface area contributed by atoms with Crippen LogP contribution >= 0.6 is 0 Å². The van der Waals surface area contributed by atoms with Gasteiger partial charge in [-0.2, -0.15) is 0 Å². The quantitative estimate of drug-likeness (QED) is 0.147. The maximum Gasteiger partial charge on any atom is 0.312 e. The summed E-state index contributed by atoms with van der Waals surface area (Å²) < 4.78 is 16.8. The molecule has 0 aromatic carbocycles. The van der Waals surface area contributed by atoms with Gasteiger partial charge in [-0.1, -0.05) is 58.4 Å². The van der Waals surface area contributed by atoms with Crippen molar-refractivity contribution in [2.24, 2.45) is 16.7 Å². The molecule has 0 aliphatic heterocycles. The van der Waals surface area contributed by atoms with Crippen LogP contribution in [0.2, 0.25) is 0 Å². The molecule has 0 aliphatic rings. The molecule has 0 fully saturated rings. The fourth-order valence-electron chi connectivity index (χ4n) is 3.56. The molecule has 1 N–H and O–H groups in total. The number of quaternary nitrogens is 1.